The molecule has 5 heteroatoms. The molecule has 0 saturated heterocycles. The van der Waals surface area contributed by atoms with Crippen molar-refractivity contribution in [3.05, 3.63) is 23.7 Å². The molecule has 4 nitrogen and oxygen atoms in total. The quantitative estimate of drug-likeness (QED) is 0.782. The van der Waals surface area contributed by atoms with Crippen LogP contribution in [-0.2, 0) is 6.54 Å². The molecule has 108 valence electrons. The van der Waals surface area contributed by atoms with Crippen LogP contribution in [0.4, 0.5) is 4.79 Å². The van der Waals surface area contributed by atoms with Crippen molar-refractivity contribution in [2.75, 3.05) is 18.8 Å². The summed E-state index contributed by atoms with van der Waals surface area (Å²) < 4.78 is 5.50. The second kappa shape index (κ2) is 8.15. The molecule has 2 amide bonds. The molecule has 0 radical (unpaired) electrons. The number of nitrogens with zero attached hydrogens (tertiary/aromatic N) is 1. The highest BCUT2D eigenvalue weighted by Crippen LogP contribution is 2.10. The van der Waals surface area contributed by atoms with E-state index in [1.807, 2.05) is 37.7 Å². The van der Waals surface area contributed by atoms with E-state index in [0.717, 1.165) is 17.3 Å². The summed E-state index contributed by atoms with van der Waals surface area (Å²) in [5.74, 6) is 2.65. The topological polar surface area (TPSA) is 45.5 Å². The SMILES string of the molecule is CCN(Cc1ccc(C)o1)C(=O)NCCSC(C)C. The Bertz CT molecular complexity index is 391. The number of furan rings is 1. The van der Waals surface area contributed by atoms with E-state index in [1.54, 1.807) is 4.90 Å². The molecular formula is C14H24N2O2S. The van der Waals surface area contributed by atoms with Gasteiger partial charge in [-0.05, 0) is 31.2 Å². The van der Waals surface area contributed by atoms with Crippen molar-refractivity contribution in [1.29, 1.82) is 0 Å². The van der Waals surface area contributed by atoms with E-state index < -0.39 is 0 Å². The Labute approximate surface area is 119 Å². The fourth-order valence-corrected chi connectivity index (χ4v) is 2.34. The molecule has 0 aliphatic rings. The maximum atomic E-state index is 12.0. The Morgan fingerprint density at radius 2 is 2.21 bits per heavy atom. The summed E-state index contributed by atoms with van der Waals surface area (Å²) in [7, 11) is 0. The van der Waals surface area contributed by atoms with Gasteiger partial charge in [-0.3, -0.25) is 0 Å². The van der Waals surface area contributed by atoms with E-state index in [2.05, 4.69) is 19.2 Å². The lowest BCUT2D eigenvalue weighted by Crippen LogP contribution is -2.40. The van der Waals surface area contributed by atoms with Crippen LogP contribution in [0.3, 0.4) is 0 Å². The van der Waals surface area contributed by atoms with E-state index in [1.165, 1.54) is 0 Å². The first-order valence-corrected chi connectivity index (χ1v) is 7.77. The lowest BCUT2D eigenvalue weighted by molar-refractivity contribution is 0.194. The standard InChI is InChI=1S/C14H24N2O2S/c1-5-16(10-13-7-6-12(4)18-13)14(17)15-8-9-19-11(2)3/h6-7,11H,5,8-10H2,1-4H3,(H,15,17). The lowest BCUT2D eigenvalue weighted by atomic mass is 10.4. The first kappa shape index (κ1) is 16.0. The first-order valence-electron chi connectivity index (χ1n) is 6.72. The van der Waals surface area contributed by atoms with Crippen LogP contribution in [0.25, 0.3) is 0 Å². The van der Waals surface area contributed by atoms with E-state index in [-0.39, 0.29) is 6.03 Å². The Morgan fingerprint density at radius 3 is 2.74 bits per heavy atom. The van der Waals surface area contributed by atoms with E-state index in [9.17, 15) is 4.79 Å². The summed E-state index contributed by atoms with van der Waals surface area (Å²) in [6.45, 7) is 10.1. The van der Waals surface area contributed by atoms with Gasteiger partial charge in [0, 0.05) is 18.8 Å². The van der Waals surface area contributed by atoms with Gasteiger partial charge in [-0.1, -0.05) is 13.8 Å². The summed E-state index contributed by atoms with van der Waals surface area (Å²) in [5.41, 5.74) is 0. The van der Waals surface area contributed by atoms with Crippen molar-refractivity contribution >= 4 is 17.8 Å². The molecule has 0 unspecified atom stereocenters. The molecular weight excluding hydrogens is 260 g/mol. The Morgan fingerprint density at radius 1 is 1.47 bits per heavy atom. The van der Waals surface area contributed by atoms with Gasteiger partial charge in [0.05, 0.1) is 6.54 Å². The molecule has 1 N–H and O–H groups in total. The van der Waals surface area contributed by atoms with Gasteiger partial charge in [0.25, 0.3) is 0 Å². The number of amides is 2. The van der Waals surface area contributed by atoms with Crippen LogP contribution < -0.4 is 5.32 Å². The van der Waals surface area contributed by atoms with Crippen molar-refractivity contribution in [3.8, 4) is 0 Å². The number of nitrogens with one attached hydrogen (secondary N) is 1. The predicted octanol–water partition coefficient (Wildman–Crippen LogP) is 3.26. The monoisotopic (exact) mass is 284 g/mol. The van der Waals surface area contributed by atoms with Crippen LogP contribution in [0.15, 0.2) is 16.5 Å². The second-order valence-corrected chi connectivity index (χ2v) is 6.36. The van der Waals surface area contributed by atoms with E-state index >= 15 is 0 Å². The molecule has 1 aromatic heterocycles. The molecule has 1 rings (SSSR count). The maximum Gasteiger partial charge on any atom is 0.317 e. The molecule has 0 bridgehead atoms. The third-order valence-corrected chi connectivity index (χ3v) is 3.75. The average Bonchev–Trinajstić information content (AvgIpc) is 2.76. The minimum atomic E-state index is -0.0269. The van der Waals surface area contributed by atoms with Crippen LogP contribution in [0.1, 0.15) is 32.3 Å². The minimum Gasteiger partial charge on any atom is -0.464 e. The molecule has 0 saturated carbocycles. The van der Waals surface area contributed by atoms with Gasteiger partial charge in [-0.25, -0.2) is 4.79 Å². The highest BCUT2D eigenvalue weighted by molar-refractivity contribution is 7.99. The Hall–Kier alpha value is -1.10. The molecule has 0 spiro atoms. The second-order valence-electron chi connectivity index (χ2n) is 4.68. The van der Waals surface area contributed by atoms with Gasteiger partial charge < -0.3 is 14.6 Å². The van der Waals surface area contributed by atoms with Gasteiger partial charge >= 0.3 is 6.03 Å². The van der Waals surface area contributed by atoms with Gasteiger partial charge in [0.15, 0.2) is 0 Å². The number of aryl methyl sites for hydroxylation is 1. The molecule has 0 aromatic carbocycles. The van der Waals surface area contributed by atoms with Gasteiger partial charge in [-0.15, -0.1) is 0 Å². The maximum absolute atomic E-state index is 12.0. The van der Waals surface area contributed by atoms with E-state index in [0.29, 0.717) is 24.9 Å². The Kier molecular flexibility index (Phi) is 6.84. The summed E-state index contributed by atoms with van der Waals surface area (Å²) in [6, 6.07) is 3.81. The van der Waals surface area contributed by atoms with Crippen LogP contribution in [-0.4, -0.2) is 35.0 Å². The van der Waals surface area contributed by atoms with Crippen molar-refractivity contribution in [3.63, 3.8) is 0 Å². The average molecular weight is 284 g/mol. The predicted molar refractivity (Wildman–Crippen MR) is 80.5 cm³/mol. The zero-order valence-electron chi connectivity index (χ0n) is 12.2. The number of hydrogen-bond acceptors (Lipinski definition) is 3. The number of urea groups is 1. The summed E-state index contributed by atoms with van der Waals surface area (Å²) in [5, 5.41) is 3.54. The van der Waals surface area contributed by atoms with Gasteiger partial charge in [0.2, 0.25) is 0 Å². The molecule has 19 heavy (non-hydrogen) atoms. The highest BCUT2D eigenvalue weighted by atomic mass is 32.2. The molecule has 0 atom stereocenters. The fraction of sp³-hybridized carbons (Fsp3) is 0.643. The fourth-order valence-electron chi connectivity index (χ4n) is 1.65. The molecule has 0 aliphatic heterocycles. The van der Waals surface area contributed by atoms with Gasteiger partial charge in [0.1, 0.15) is 11.5 Å². The van der Waals surface area contributed by atoms with Crippen LogP contribution in [0, 0.1) is 6.92 Å². The zero-order valence-corrected chi connectivity index (χ0v) is 13.0. The zero-order chi connectivity index (χ0) is 14.3. The third-order valence-electron chi connectivity index (χ3n) is 2.64. The molecule has 1 heterocycles. The highest BCUT2D eigenvalue weighted by Gasteiger charge is 2.13. The third kappa shape index (κ3) is 6.05. The molecule has 0 fully saturated rings. The Balaban J connectivity index is 2.35. The van der Waals surface area contributed by atoms with Crippen LogP contribution in [0.5, 0.6) is 0 Å². The van der Waals surface area contributed by atoms with Crippen molar-refractivity contribution in [2.24, 2.45) is 0 Å². The van der Waals surface area contributed by atoms with Gasteiger partial charge in [-0.2, -0.15) is 11.8 Å². The number of hydrogen-bond donors (Lipinski definition) is 1. The van der Waals surface area contributed by atoms with Crippen LogP contribution in [0.2, 0.25) is 0 Å². The van der Waals surface area contributed by atoms with Crippen molar-refractivity contribution in [2.45, 2.75) is 39.5 Å². The van der Waals surface area contributed by atoms with Crippen molar-refractivity contribution in [1.82, 2.24) is 10.2 Å². The van der Waals surface area contributed by atoms with E-state index in [4.69, 9.17) is 4.42 Å². The normalized spacial score (nSPS) is 10.8. The number of thioether (sulfide) groups is 1. The lowest BCUT2D eigenvalue weighted by Gasteiger charge is -2.20. The number of rotatable bonds is 7. The summed E-state index contributed by atoms with van der Waals surface area (Å²) in [4.78, 5) is 13.7. The summed E-state index contributed by atoms with van der Waals surface area (Å²) >= 11 is 1.85. The minimum absolute atomic E-state index is 0.0269. The molecule has 0 aliphatic carbocycles. The smallest absolute Gasteiger partial charge is 0.317 e. The summed E-state index contributed by atoms with van der Waals surface area (Å²) in [6.07, 6.45) is 0. The first-order chi connectivity index (χ1) is 9.02. The largest absolute Gasteiger partial charge is 0.464 e. The number of carbonyl (C=O) groups is 1. The number of carbonyl (C=O) groups excluding carboxylic acids is 1. The van der Waals surface area contributed by atoms with Crippen molar-refractivity contribution < 1.29 is 9.21 Å². The molecule has 1 aromatic rings. The van der Waals surface area contributed by atoms with Crippen LogP contribution >= 0.6 is 11.8 Å².